The molecule has 0 radical (unpaired) electrons. The van der Waals surface area contributed by atoms with E-state index in [1.54, 1.807) is 6.20 Å². The molecule has 2 rings (SSSR count). The number of anilines is 1. The minimum Gasteiger partial charge on any atom is -0.374 e. The molecular weight excluding hydrogens is 252 g/mol. The number of hydrogen-bond donors (Lipinski definition) is 2. The summed E-state index contributed by atoms with van der Waals surface area (Å²) in [5.41, 5.74) is 1.84. The lowest BCUT2D eigenvalue weighted by atomic mass is 10.2. The third-order valence-corrected chi connectivity index (χ3v) is 3.22. The number of amides is 1. The van der Waals surface area contributed by atoms with Gasteiger partial charge in [0.2, 0.25) is 0 Å². The van der Waals surface area contributed by atoms with Gasteiger partial charge in [0.15, 0.2) is 0 Å². The van der Waals surface area contributed by atoms with E-state index in [2.05, 4.69) is 10.6 Å². The van der Waals surface area contributed by atoms with Crippen molar-refractivity contribution < 1.29 is 4.79 Å². The average molecular weight is 270 g/mol. The number of nitrogens with zero attached hydrogens (tertiary/aromatic N) is 2. The molecule has 0 atom stereocenters. The van der Waals surface area contributed by atoms with Crippen LogP contribution in [0, 0.1) is 18.3 Å². The SMILES string of the molecule is Cc1ccccc1NC(=O)/C(C#N)=C\N1CCNCC1. The molecule has 1 saturated heterocycles. The summed E-state index contributed by atoms with van der Waals surface area (Å²) in [5, 5.41) is 15.2. The van der Waals surface area contributed by atoms with Gasteiger partial charge in [-0.25, -0.2) is 0 Å². The van der Waals surface area contributed by atoms with E-state index in [-0.39, 0.29) is 11.5 Å². The fourth-order valence-electron chi connectivity index (χ4n) is 2.03. The molecule has 20 heavy (non-hydrogen) atoms. The lowest BCUT2D eigenvalue weighted by Gasteiger charge is -2.26. The first-order chi connectivity index (χ1) is 9.70. The highest BCUT2D eigenvalue weighted by Crippen LogP contribution is 2.14. The highest BCUT2D eigenvalue weighted by molar-refractivity contribution is 6.06. The first-order valence-corrected chi connectivity index (χ1v) is 6.64. The maximum Gasteiger partial charge on any atom is 0.267 e. The highest BCUT2D eigenvalue weighted by atomic mass is 16.1. The Morgan fingerprint density at radius 2 is 2.10 bits per heavy atom. The van der Waals surface area contributed by atoms with Crippen LogP contribution in [0.1, 0.15) is 5.56 Å². The molecule has 1 aliphatic heterocycles. The van der Waals surface area contributed by atoms with E-state index in [1.165, 1.54) is 0 Å². The topological polar surface area (TPSA) is 68.2 Å². The standard InChI is InChI=1S/C15H18N4O/c1-12-4-2-3-5-14(12)18-15(20)13(10-16)11-19-8-6-17-7-9-19/h2-5,11,17H,6-9H2,1H3,(H,18,20)/b13-11-. The number of rotatable bonds is 3. The molecule has 1 fully saturated rings. The zero-order chi connectivity index (χ0) is 14.4. The lowest BCUT2D eigenvalue weighted by Crippen LogP contribution is -2.41. The summed E-state index contributed by atoms with van der Waals surface area (Å²) in [6.45, 7) is 5.27. The number of carbonyl (C=O) groups is 1. The molecule has 0 aliphatic carbocycles. The van der Waals surface area contributed by atoms with Crippen molar-refractivity contribution in [2.45, 2.75) is 6.92 Å². The molecule has 1 aromatic rings. The third-order valence-electron chi connectivity index (χ3n) is 3.22. The van der Waals surface area contributed by atoms with Crippen LogP contribution in [0.2, 0.25) is 0 Å². The Morgan fingerprint density at radius 1 is 1.40 bits per heavy atom. The van der Waals surface area contributed by atoms with Crippen LogP contribution < -0.4 is 10.6 Å². The zero-order valence-corrected chi connectivity index (χ0v) is 11.5. The van der Waals surface area contributed by atoms with Gasteiger partial charge in [0.05, 0.1) is 0 Å². The number of benzene rings is 1. The van der Waals surface area contributed by atoms with E-state index in [9.17, 15) is 4.79 Å². The first-order valence-electron chi connectivity index (χ1n) is 6.64. The summed E-state index contributed by atoms with van der Waals surface area (Å²) < 4.78 is 0. The Morgan fingerprint density at radius 3 is 2.75 bits per heavy atom. The fourth-order valence-corrected chi connectivity index (χ4v) is 2.03. The molecule has 5 heteroatoms. The van der Waals surface area contributed by atoms with Gasteiger partial charge in [0.25, 0.3) is 5.91 Å². The molecule has 0 saturated carbocycles. The second-order valence-corrected chi connectivity index (χ2v) is 4.71. The van der Waals surface area contributed by atoms with Gasteiger partial charge >= 0.3 is 0 Å². The number of para-hydroxylation sites is 1. The summed E-state index contributed by atoms with van der Waals surface area (Å²) >= 11 is 0. The van der Waals surface area contributed by atoms with Gasteiger partial charge < -0.3 is 15.5 Å². The minimum absolute atomic E-state index is 0.134. The summed E-state index contributed by atoms with van der Waals surface area (Å²) in [4.78, 5) is 14.1. The number of hydrogen-bond acceptors (Lipinski definition) is 4. The van der Waals surface area contributed by atoms with Crippen LogP contribution in [-0.4, -0.2) is 37.0 Å². The van der Waals surface area contributed by atoms with Gasteiger partial charge in [-0.15, -0.1) is 0 Å². The fraction of sp³-hybridized carbons (Fsp3) is 0.333. The van der Waals surface area contributed by atoms with Crippen LogP contribution >= 0.6 is 0 Å². The van der Waals surface area contributed by atoms with E-state index >= 15 is 0 Å². The summed E-state index contributed by atoms with van der Waals surface area (Å²) in [6.07, 6.45) is 1.65. The van der Waals surface area contributed by atoms with Gasteiger partial charge in [-0.05, 0) is 18.6 Å². The van der Waals surface area contributed by atoms with Gasteiger partial charge in [-0.3, -0.25) is 4.79 Å². The Labute approximate surface area is 118 Å². The second-order valence-electron chi connectivity index (χ2n) is 4.71. The predicted octanol–water partition coefficient (Wildman–Crippen LogP) is 1.25. The lowest BCUT2D eigenvalue weighted by molar-refractivity contribution is -0.112. The molecule has 1 amide bonds. The highest BCUT2D eigenvalue weighted by Gasteiger charge is 2.13. The molecule has 1 aliphatic rings. The Kier molecular flexibility index (Phi) is 4.75. The Hall–Kier alpha value is -2.32. The summed E-state index contributed by atoms with van der Waals surface area (Å²) in [5.74, 6) is -0.361. The quantitative estimate of drug-likeness (QED) is 0.640. The van der Waals surface area contributed by atoms with Gasteiger partial charge in [0.1, 0.15) is 11.6 Å². The maximum atomic E-state index is 12.1. The average Bonchev–Trinajstić information content (AvgIpc) is 2.48. The van der Waals surface area contributed by atoms with E-state index < -0.39 is 0 Å². The maximum absolute atomic E-state index is 12.1. The summed E-state index contributed by atoms with van der Waals surface area (Å²) in [7, 11) is 0. The molecule has 0 unspecified atom stereocenters. The van der Waals surface area contributed by atoms with E-state index in [1.807, 2.05) is 42.2 Å². The van der Waals surface area contributed by atoms with Crippen molar-refractivity contribution in [2.24, 2.45) is 0 Å². The van der Waals surface area contributed by atoms with Crippen LogP contribution in [-0.2, 0) is 4.79 Å². The molecule has 5 nitrogen and oxygen atoms in total. The zero-order valence-electron chi connectivity index (χ0n) is 11.5. The molecule has 1 heterocycles. The molecule has 0 bridgehead atoms. The monoisotopic (exact) mass is 270 g/mol. The predicted molar refractivity (Wildman–Crippen MR) is 77.9 cm³/mol. The van der Waals surface area contributed by atoms with Gasteiger partial charge in [-0.2, -0.15) is 5.26 Å². The first kappa shape index (κ1) is 14.1. The van der Waals surface area contributed by atoms with Gasteiger partial charge in [-0.1, -0.05) is 18.2 Å². The van der Waals surface area contributed by atoms with Crippen molar-refractivity contribution in [3.05, 3.63) is 41.6 Å². The molecule has 2 N–H and O–H groups in total. The molecule has 1 aromatic carbocycles. The van der Waals surface area contributed by atoms with E-state index in [4.69, 9.17) is 5.26 Å². The smallest absolute Gasteiger partial charge is 0.267 e. The van der Waals surface area contributed by atoms with Crippen molar-refractivity contribution in [2.75, 3.05) is 31.5 Å². The molecule has 104 valence electrons. The van der Waals surface area contributed by atoms with Crippen molar-refractivity contribution >= 4 is 11.6 Å². The Bertz CT molecular complexity index is 553. The largest absolute Gasteiger partial charge is 0.374 e. The number of carbonyl (C=O) groups excluding carboxylic acids is 1. The van der Waals surface area contributed by atoms with Crippen molar-refractivity contribution in [3.8, 4) is 6.07 Å². The van der Waals surface area contributed by atoms with Gasteiger partial charge in [0, 0.05) is 38.1 Å². The number of piperazine rings is 1. The van der Waals surface area contributed by atoms with Crippen LogP contribution in [0.25, 0.3) is 0 Å². The van der Waals surface area contributed by atoms with Crippen LogP contribution in [0.3, 0.4) is 0 Å². The third kappa shape index (κ3) is 3.59. The number of aryl methyl sites for hydroxylation is 1. The van der Waals surface area contributed by atoms with Crippen molar-refractivity contribution in [1.82, 2.24) is 10.2 Å². The normalized spacial score (nSPS) is 15.6. The number of nitrogens with one attached hydrogen (secondary N) is 2. The van der Waals surface area contributed by atoms with Crippen LogP contribution in [0.5, 0.6) is 0 Å². The molecular formula is C15H18N4O. The molecule has 0 aromatic heterocycles. The Balaban J connectivity index is 2.08. The number of nitriles is 1. The van der Waals surface area contributed by atoms with E-state index in [0.29, 0.717) is 0 Å². The van der Waals surface area contributed by atoms with Crippen LogP contribution in [0.15, 0.2) is 36.0 Å². The van der Waals surface area contributed by atoms with Crippen molar-refractivity contribution in [1.29, 1.82) is 5.26 Å². The molecule has 0 spiro atoms. The van der Waals surface area contributed by atoms with E-state index in [0.717, 1.165) is 37.4 Å². The second kappa shape index (κ2) is 6.73. The summed E-state index contributed by atoms with van der Waals surface area (Å²) in [6, 6.07) is 9.49. The van der Waals surface area contributed by atoms with Crippen LogP contribution in [0.4, 0.5) is 5.69 Å². The van der Waals surface area contributed by atoms with Crippen molar-refractivity contribution in [3.63, 3.8) is 0 Å². The minimum atomic E-state index is -0.361.